The molecular formula is C14H15BO4. The van der Waals surface area contributed by atoms with Gasteiger partial charge in [-0.2, -0.15) is 0 Å². The predicted molar refractivity (Wildman–Crippen MR) is 72.8 cm³/mol. The van der Waals surface area contributed by atoms with E-state index in [9.17, 15) is 0 Å². The summed E-state index contributed by atoms with van der Waals surface area (Å²) in [7, 11) is -1.81. The molecule has 0 fully saturated rings. The zero-order valence-electron chi connectivity index (χ0n) is 10.6. The molecule has 0 spiro atoms. The van der Waals surface area contributed by atoms with Gasteiger partial charge in [0.25, 0.3) is 0 Å². The third-order valence-electron chi connectivity index (χ3n) is 2.63. The predicted octanol–water partition coefficient (Wildman–Crippen LogP) is 1.92. The van der Waals surface area contributed by atoms with Gasteiger partial charge < -0.3 is 19.4 Å². The van der Waals surface area contributed by atoms with Gasteiger partial charge in [-0.3, -0.25) is 0 Å². The van der Waals surface area contributed by atoms with Crippen molar-refractivity contribution in [3.63, 3.8) is 0 Å². The van der Waals surface area contributed by atoms with Crippen molar-refractivity contribution in [1.82, 2.24) is 0 Å². The smallest absolute Gasteiger partial charge is 0.512 e. The highest BCUT2D eigenvalue weighted by Gasteiger charge is 2.12. The lowest BCUT2D eigenvalue weighted by atomic mass is 10.2. The molecule has 5 heteroatoms. The Bertz CT molecular complexity index is 528. The molecule has 19 heavy (non-hydrogen) atoms. The standard InChI is InChI=1S/C14H15BO4/c1-11-9-13(19-15(16)17)7-8-14(11)18-10-12-5-3-2-4-6-12/h2-9,16-17H,10H2,1H3. The zero-order chi connectivity index (χ0) is 13.7. The van der Waals surface area contributed by atoms with E-state index in [1.807, 2.05) is 37.3 Å². The number of ether oxygens (including phenoxy) is 1. The second-order valence-corrected chi connectivity index (χ2v) is 4.15. The molecule has 0 aromatic heterocycles. The molecule has 0 saturated carbocycles. The highest BCUT2D eigenvalue weighted by molar-refractivity contribution is 6.33. The maximum Gasteiger partial charge on any atom is 0.707 e. The number of benzene rings is 2. The van der Waals surface area contributed by atoms with E-state index < -0.39 is 7.32 Å². The van der Waals surface area contributed by atoms with Crippen molar-refractivity contribution in [3.8, 4) is 11.5 Å². The monoisotopic (exact) mass is 258 g/mol. The largest absolute Gasteiger partial charge is 0.707 e. The fourth-order valence-electron chi connectivity index (χ4n) is 1.71. The van der Waals surface area contributed by atoms with E-state index in [4.69, 9.17) is 19.4 Å². The molecule has 0 atom stereocenters. The number of rotatable bonds is 5. The summed E-state index contributed by atoms with van der Waals surface area (Å²) in [4.78, 5) is 0. The second kappa shape index (κ2) is 6.27. The first-order valence-corrected chi connectivity index (χ1v) is 5.95. The maximum atomic E-state index is 8.72. The van der Waals surface area contributed by atoms with Crippen LogP contribution in [0, 0.1) is 6.92 Å². The first-order valence-electron chi connectivity index (χ1n) is 5.95. The SMILES string of the molecule is Cc1cc(OB(O)O)ccc1OCc1ccccc1. The highest BCUT2D eigenvalue weighted by Crippen LogP contribution is 2.24. The molecule has 2 rings (SSSR count). The Labute approximate surface area is 112 Å². The summed E-state index contributed by atoms with van der Waals surface area (Å²) >= 11 is 0. The molecule has 0 aliphatic rings. The Morgan fingerprint density at radius 1 is 1.05 bits per heavy atom. The Morgan fingerprint density at radius 3 is 2.42 bits per heavy atom. The topological polar surface area (TPSA) is 58.9 Å². The van der Waals surface area contributed by atoms with Crippen LogP contribution < -0.4 is 9.39 Å². The highest BCUT2D eigenvalue weighted by atomic mass is 16.6. The Hall–Kier alpha value is -1.98. The van der Waals surface area contributed by atoms with E-state index in [1.54, 1.807) is 18.2 Å². The fraction of sp³-hybridized carbons (Fsp3) is 0.143. The molecule has 0 radical (unpaired) electrons. The Balaban J connectivity index is 2.01. The fourth-order valence-corrected chi connectivity index (χ4v) is 1.71. The van der Waals surface area contributed by atoms with Crippen LogP contribution in [0.3, 0.4) is 0 Å². The van der Waals surface area contributed by atoms with Crippen LogP contribution in [0.25, 0.3) is 0 Å². The van der Waals surface area contributed by atoms with Crippen molar-refractivity contribution >= 4 is 7.32 Å². The Kier molecular flexibility index (Phi) is 4.44. The van der Waals surface area contributed by atoms with Crippen molar-refractivity contribution in [3.05, 3.63) is 59.7 Å². The molecule has 0 amide bonds. The van der Waals surface area contributed by atoms with Gasteiger partial charge in [-0.15, -0.1) is 0 Å². The van der Waals surface area contributed by atoms with E-state index in [0.717, 1.165) is 16.9 Å². The third-order valence-corrected chi connectivity index (χ3v) is 2.63. The summed E-state index contributed by atoms with van der Waals surface area (Å²) in [5.41, 5.74) is 1.96. The van der Waals surface area contributed by atoms with Crippen LogP contribution in [0.15, 0.2) is 48.5 Å². The minimum Gasteiger partial charge on any atom is -0.512 e. The first-order chi connectivity index (χ1) is 9.15. The summed E-state index contributed by atoms with van der Waals surface area (Å²) in [6.07, 6.45) is 0. The van der Waals surface area contributed by atoms with Crippen molar-refractivity contribution in [2.75, 3.05) is 0 Å². The van der Waals surface area contributed by atoms with Gasteiger partial charge in [0.2, 0.25) is 0 Å². The summed E-state index contributed by atoms with van der Waals surface area (Å²) in [5.74, 6) is 1.13. The molecule has 0 saturated heterocycles. The molecule has 0 aliphatic carbocycles. The van der Waals surface area contributed by atoms with Crippen molar-refractivity contribution in [2.24, 2.45) is 0 Å². The van der Waals surface area contributed by atoms with Crippen LogP contribution in [-0.2, 0) is 6.61 Å². The van der Waals surface area contributed by atoms with Gasteiger partial charge in [-0.1, -0.05) is 30.3 Å². The number of hydrogen-bond donors (Lipinski definition) is 2. The van der Waals surface area contributed by atoms with Crippen molar-refractivity contribution < 1.29 is 19.4 Å². The lowest BCUT2D eigenvalue weighted by molar-refractivity contribution is 0.286. The molecule has 98 valence electrons. The number of aryl methyl sites for hydroxylation is 1. The average molecular weight is 258 g/mol. The molecule has 2 aromatic carbocycles. The average Bonchev–Trinajstić information content (AvgIpc) is 2.38. The molecule has 2 N–H and O–H groups in total. The molecule has 0 bridgehead atoms. The van der Waals surface area contributed by atoms with Crippen molar-refractivity contribution in [2.45, 2.75) is 13.5 Å². The summed E-state index contributed by atoms with van der Waals surface area (Å²) in [6, 6.07) is 14.9. The summed E-state index contributed by atoms with van der Waals surface area (Å²) < 4.78 is 10.5. The lowest BCUT2D eigenvalue weighted by Gasteiger charge is -2.11. The Morgan fingerprint density at radius 2 is 1.79 bits per heavy atom. The lowest BCUT2D eigenvalue weighted by Crippen LogP contribution is -2.20. The van der Waals surface area contributed by atoms with Crippen LogP contribution in [0.1, 0.15) is 11.1 Å². The molecule has 0 heterocycles. The van der Waals surface area contributed by atoms with Gasteiger partial charge in [0.05, 0.1) is 0 Å². The van der Waals surface area contributed by atoms with Gasteiger partial charge in [0.15, 0.2) is 0 Å². The van der Waals surface area contributed by atoms with Crippen LogP contribution in [0.2, 0.25) is 0 Å². The van der Waals surface area contributed by atoms with Gasteiger partial charge in [-0.05, 0) is 36.2 Å². The van der Waals surface area contributed by atoms with Gasteiger partial charge in [0, 0.05) is 0 Å². The second-order valence-electron chi connectivity index (χ2n) is 4.15. The van der Waals surface area contributed by atoms with Gasteiger partial charge >= 0.3 is 7.32 Å². The van der Waals surface area contributed by atoms with E-state index in [1.165, 1.54) is 0 Å². The molecule has 4 nitrogen and oxygen atoms in total. The first kappa shape index (κ1) is 13.5. The third kappa shape index (κ3) is 4.01. The van der Waals surface area contributed by atoms with Gasteiger partial charge in [0.1, 0.15) is 18.1 Å². The molecule has 2 aromatic rings. The van der Waals surface area contributed by atoms with Crippen LogP contribution in [-0.4, -0.2) is 17.4 Å². The molecule has 0 unspecified atom stereocenters. The van der Waals surface area contributed by atoms with Crippen LogP contribution >= 0.6 is 0 Å². The van der Waals surface area contributed by atoms with Crippen LogP contribution in [0.5, 0.6) is 11.5 Å². The van der Waals surface area contributed by atoms with Crippen molar-refractivity contribution in [1.29, 1.82) is 0 Å². The zero-order valence-corrected chi connectivity index (χ0v) is 10.6. The van der Waals surface area contributed by atoms with E-state index in [0.29, 0.717) is 12.4 Å². The normalized spacial score (nSPS) is 10.1. The van der Waals surface area contributed by atoms with E-state index in [2.05, 4.69) is 0 Å². The minimum absolute atomic E-state index is 0.388. The molecule has 0 aliphatic heterocycles. The van der Waals surface area contributed by atoms with Crippen LogP contribution in [0.4, 0.5) is 0 Å². The summed E-state index contributed by atoms with van der Waals surface area (Å²) in [5, 5.41) is 17.4. The molecular weight excluding hydrogens is 243 g/mol. The van der Waals surface area contributed by atoms with E-state index in [-0.39, 0.29) is 0 Å². The maximum absolute atomic E-state index is 8.72. The number of hydrogen-bond acceptors (Lipinski definition) is 4. The van der Waals surface area contributed by atoms with E-state index >= 15 is 0 Å². The minimum atomic E-state index is -1.81. The van der Waals surface area contributed by atoms with Gasteiger partial charge in [-0.25, -0.2) is 0 Å². The summed E-state index contributed by atoms with van der Waals surface area (Å²) in [6.45, 7) is 2.36. The quantitative estimate of drug-likeness (QED) is 0.804.